The van der Waals surface area contributed by atoms with Crippen molar-refractivity contribution in [1.29, 1.82) is 0 Å². The molecule has 2 heterocycles. The van der Waals surface area contributed by atoms with E-state index in [4.69, 9.17) is 39.5 Å². The van der Waals surface area contributed by atoms with Crippen molar-refractivity contribution in [3.63, 3.8) is 0 Å². The topological polar surface area (TPSA) is 76.4 Å². The monoisotopic (exact) mass is 393 g/mol. The van der Waals surface area contributed by atoms with Crippen molar-refractivity contribution in [1.82, 2.24) is 10.9 Å². The van der Waals surface area contributed by atoms with Crippen LogP contribution in [0, 0.1) is 16.0 Å². The van der Waals surface area contributed by atoms with E-state index in [-0.39, 0.29) is 22.9 Å². The molecule has 2 aliphatic rings. The number of nitrogens with zero attached hydrogens (tertiary/aromatic N) is 1. The summed E-state index contributed by atoms with van der Waals surface area (Å²) in [5.41, 5.74) is 7.07. The lowest BCUT2D eigenvalue weighted by atomic mass is 9.72. The van der Waals surface area contributed by atoms with E-state index in [9.17, 15) is 10.1 Å². The smallest absolute Gasteiger partial charge is 0.260 e. The molecule has 1 aromatic rings. The Balaban J connectivity index is 2.15. The van der Waals surface area contributed by atoms with Crippen LogP contribution in [-0.2, 0) is 0 Å². The van der Waals surface area contributed by atoms with E-state index in [0.717, 1.165) is 5.56 Å². The molecule has 0 spiro atoms. The maximum absolute atomic E-state index is 11.9. The minimum Gasteiger partial charge on any atom is -0.478 e. The Morgan fingerprint density at radius 2 is 1.75 bits per heavy atom. The first-order valence-electron chi connectivity index (χ1n) is 7.68. The maximum atomic E-state index is 11.9. The molecule has 6 nitrogen and oxygen atoms in total. The molecule has 9 heteroatoms. The van der Waals surface area contributed by atoms with Crippen LogP contribution in [0.1, 0.15) is 25.3 Å². The van der Waals surface area contributed by atoms with Crippen LogP contribution < -0.4 is 15.6 Å². The first kappa shape index (κ1) is 18.0. The zero-order valence-corrected chi connectivity index (χ0v) is 15.3. The third kappa shape index (κ3) is 3.06. The molecule has 0 amide bonds. The Hall–Kier alpha value is -0.790. The first-order valence-corrected chi connectivity index (χ1v) is 8.82. The van der Waals surface area contributed by atoms with Crippen molar-refractivity contribution < 1.29 is 9.66 Å². The van der Waals surface area contributed by atoms with Crippen LogP contribution in [0.4, 0.5) is 0 Å². The number of nitrogens with one attached hydrogen (secondary N) is 2. The number of hydrogen-bond acceptors (Lipinski definition) is 5. The lowest BCUT2D eigenvalue weighted by Gasteiger charge is -2.41. The number of halogens is 3. The molecule has 0 bridgehead atoms. The molecule has 1 fully saturated rings. The zero-order valence-electron chi connectivity index (χ0n) is 13.1. The Morgan fingerprint density at radius 1 is 1.17 bits per heavy atom. The van der Waals surface area contributed by atoms with Gasteiger partial charge in [-0.3, -0.25) is 21.0 Å². The third-order valence-corrected chi connectivity index (χ3v) is 5.53. The second kappa shape index (κ2) is 6.50. The van der Waals surface area contributed by atoms with Gasteiger partial charge in [0.15, 0.2) is 0 Å². The van der Waals surface area contributed by atoms with Gasteiger partial charge in [-0.05, 0) is 19.9 Å². The van der Waals surface area contributed by atoms with Crippen LogP contribution in [0.5, 0.6) is 5.75 Å². The number of nitro groups is 1. The summed E-state index contributed by atoms with van der Waals surface area (Å²) in [5, 5.41) is 11.9. The SMILES string of the molecule is CC1NNC(C)C1[C@H]1c2ccccc2O[C@@H](C(Cl)(Cl)Cl)[C@@H]1[N+](=O)[O-]. The fourth-order valence-corrected chi connectivity index (χ4v) is 4.41. The number of benzene rings is 1. The Morgan fingerprint density at radius 3 is 2.29 bits per heavy atom. The highest BCUT2D eigenvalue weighted by atomic mass is 35.6. The minimum atomic E-state index is -1.91. The van der Waals surface area contributed by atoms with Crippen molar-refractivity contribution in [2.75, 3.05) is 0 Å². The highest BCUT2D eigenvalue weighted by Crippen LogP contribution is 2.49. The van der Waals surface area contributed by atoms with E-state index in [2.05, 4.69) is 10.9 Å². The second-order valence-corrected chi connectivity index (χ2v) is 8.73. The number of hydrogen-bond donors (Lipinski definition) is 2. The van der Waals surface area contributed by atoms with E-state index < -0.39 is 21.9 Å². The number of para-hydroxylation sites is 1. The molecule has 3 rings (SSSR count). The molecular weight excluding hydrogens is 377 g/mol. The first-order chi connectivity index (χ1) is 11.2. The van der Waals surface area contributed by atoms with Crippen LogP contribution in [-0.4, -0.2) is 32.9 Å². The van der Waals surface area contributed by atoms with Crippen LogP contribution >= 0.6 is 34.8 Å². The fraction of sp³-hybridized carbons (Fsp3) is 0.600. The van der Waals surface area contributed by atoms with Gasteiger partial charge in [-0.25, -0.2) is 0 Å². The summed E-state index contributed by atoms with van der Waals surface area (Å²) < 4.78 is 3.84. The van der Waals surface area contributed by atoms with Crippen molar-refractivity contribution in [2.45, 2.75) is 47.8 Å². The summed E-state index contributed by atoms with van der Waals surface area (Å²) in [6.07, 6.45) is -1.17. The fourth-order valence-electron chi connectivity index (χ4n) is 3.89. The zero-order chi connectivity index (χ0) is 17.6. The average Bonchev–Trinajstić information content (AvgIpc) is 2.83. The highest BCUT2D eigenvalue weighted by molar-refractivity contribution is 6.68. The second-order valence-electron chi connectivity index (χ2n) is 6.36. The summed E-state index contributed by atoms with van der Waals surface area (Å²) in [6, 6.07) is 6.13. The third-order valence-electron chi connectivity index (χ3n) is 4.88. The van der Waals surface area contributed by atoms with Crippen LogP contribution in [0.2, 0.25) is 0 Å². The molecule has 0 aromatic heterocycles. The van der Waals surface area contributed by atoms with Gasteiger partial charge in [0.2, 0.25) is 9.90 Å². The number of hydrazine groups is 1. The van der Waals surface area contributed by atoms with E-state index in [1.165, 1.54) is 0 Å². The Bertz CT molecular complexity index is 630. The minimum absolute atomic E-state index is 0.0228. The summed E-state index contributed by atoms with van der Waals surface area (Å²) in [4.78, 5) is 11.5. The molecule has 2 N–H and O–H groups in total. The predicted molar refractivity (Wildman–Crippen MR) is 93.4 cm³/mol. The standard InChI is InChI=1S/C15H18Cl3N3O3/c1-7-11(8(2)20-19-7)12-9-5-3-4-6-10(9)24-14(15(16,17)18)13(12)21(22)23/h3-8,11-14,19-20H,1-2H3/t7?,8?,11?,12-,13-,14-/m1/s1. The van der Waals surface area contributed by atoms with Crippen molar-refractivity contribution in [2.24, 2.45) is 5.92 Å². The highest BCUT2D eigenvalue weighted by Gasteiger charge is 2.58. The lowest BCUT2D eigenvalue weighted by molar-refractivity contribution is -0.540. The number of alkyl halides is 3. The maximum Gasteiger partial charge on any atom is 0.260 e. The molecule has 1 aromatic carbocycles. The Kier molecular flexibility index (Phi) is 4.88. The van der Waals surface area contributed by atoms with Gasteiger partial charge in [0.25, 0.3) is 6.04 Å². The molecule has 1 saturated heterocycles. The lowest BCUT2D eigenvalue weighted by Crippen LogP contribution is -2.55. The largest absolute Gasteiger partial charge is 0.478 e. The number of rotatable bonds is 2. The van der Waals surface area contributed by atoms with Crippen LogP contribution in [0.15, 0.2) is 24.3 Å². The van der Waals surface area contributed by atoms with Gasteiger partial charge in [-0.1, -0.05) is 53.0 Å². The summed E-state index contributed by atoms with van der Waals surface area (Å²) in [5.74, 6) is 0.0293. The summed E-state index contributed by atoms with van der Waals surface area (Å²) in [6.45, 7) is 3.97. The quantitative estimate of drug-likeness (QED) is 0.458. The molecule has 0 saturated carbocycles. The molecule has 5 atom stereocenters. The molecule has 132 valence electrons. The van der Waals surface area contributed by atoms with Crippen molar-refractivity contribution in [3.05, 3.63) is 39.9 Å². The Labute approximate surface area is 154 Å². The molecule has 0 aliphatic carbocycles. The van der Waals surface area contributed by atoms with Crippen molar-refractivity contribution in [3.8, 4) is 5.75 Å². The van der Waals surface area contributed by atoms with Crippen LogP contribution in [0.25, 0.3) is 0 Å². The number of fused-ring (bicyclic) bond motifs is 1. The number of ether oxygens (including phenoxy) is 1. The van der Waals surface area contributed by atoms with Gasteiger partial charge in [-0.2, -0.15) is 0 Å². The van der Waals surface area contributed by atoms with Gasteiger partial charge >= 0.3 is 0 Å². The molecule has 24 heavy (non-hydrogen) atoms. The normalized spacial score (nSPS) is 36.0. The van der Waals surface area contributed by atoms with E-state index in [1.807, 2.05) is 26.0 Å². The molecule has 2 unspecified atom stereocenters. The van der Waals surface area contributed by atoms with E-state index in [0.29, 0.717) is 5.75 Å². The summed E-state index contributed by atoms with van der Waals surface area (Å²) >= 11 is 18.1. The van der Waals surface area contributed by atoms with Gasteiger partial charge in [0.05, 0.1) is 5.92 Å². The van der Waals surface area contributed by atoms with Gasteiger partial charge < -0.3 is 4.74 Å². The average molecular weight is 395 g/mol. The predicted octanol–water partition coefficient (Wildman–Crippen LogP) is 3.05. The van der Waals surface area contributed by atoms with E-state index in [1.54, 1.807) is 12.1 Å². The molecular formula is C15H18Cl3N3O3. The van der Waals surface area contributed by atoms with Crippen LogP contribution in [0.3, 0.4) is 0 Å². The van der Waals surface area contributed by atoms with Gasteiger partial charge in [-0.15, -0.1) is 0 Å². The molecule has 0 radical (unpaired) electrons. The van der Waals surface area contributed by atoms with E-state index >= 15 is 0 Å². The molecule has 2 aliphatic heterocycles. The van der Waals surface area contributed by atoms with Crippen molar-refractivity contribution >= 4 is 34.8 Å². The van der Waals surface area contributed by atoms with Gasteiger partial charge in [0.1, 0.15) is 5.75 Å². The summed E-state index contributed by atoms with van der Waals surface area (Å²) in [7, 11) is 0. The van der Waals surface area contributed by atoms with Gasteiger partial charge in [0, 0.05) is 28.5 Å².